The number of para-hydroxylation sites is 1. The molecule has 0 aliphatic rings. The van der Waals surface area contributed by atoms with Crippen molar-refractivity contribution in [2.75, 3.05) is 18.2 Å². The summed E-state index contributed by atoms with van der Waals surface area (Å²) in [6, 6.07) is 15.7. The molecule has 166 valence electrons. The summed E-state index contributed by atoms with van der Waals surface area (Å²) in [6.07, 6.45) is 1.92. The third kappa shape index (κ3) is 4.32. The fourth-order valence-corrected chi connectivity index (χ4v) is 4.77. The zero-order chi connectivity index (χ0) is 22.8. The summed E-state index contributed by atoms with van der Waals surface area (Å²) in [4.78, 5) is 15.8. The predicted octanol–water partition coefficient (Wildman–Crippen LogP) is 4.31. The van der Waals surface area contributed by atoms with Crippen molar-refractivity contribution in [3.63, 3.8) is 0 Å². The van der Waals surface area contributed by atoms with Gasteiger partial charge in [0, 0.05) is 28.7 Å². The molecule has 2 N–H and O–H groups in total. The van der Waals surface area contributed by atoms with Gasteiger partial charge in [-0.2, -0.15) is 0 Å². The molecule has 3 aromatic heterocycles. The highest BCUT2D eigenvalue weighted by Gasteiger charge is 2.20. The summed E-state index contributed by atoms with van der Waals surface area (Å²) >= 11 is 2.63. The van der Waals surface area contributed by atoms with E-state index in [0.717, 1.165) is 27.2 Å². The number of hydrogen-bond donors (Lipinski definition) is 2. The van der Waals surface area contributed by atoms with Crippen LogP contribution in [0.25, 0.3) is 28.0 Å². The minimum atomic E-state index is -0.190. The maximum absolute atomic E-state index is 12.5. The molecule has 0 radical (unpaired) electrons. The van der Waals surface area contributed by atoms with Gasteiger partial charge in [-0.3, -0.25) is 14.7 Å². The van der Waals surface area contributed by atoms with Crippen LogP contribution in [0.4, 0.5) is 5.13 Å². The minimum Gasteiger partial charge on any atom is -0.497 e. The average molecular weight is 478 g/mol. The van der Waals surface area contributed by atoms with Gasteiger partial charge in [0.25, 0.3) is 0 Å². The van der Waals surface area contributed by atoms with Gasteiger partial charge < -0.3 is 9.72 Å². The smallest absolute Gasteiger partial charge is 0.236 e. The first-order valence-electron chi connectivity index (χ1n) is 10.0. The summed E-state index contributed by atoms with van der Waals surface area (Å²) in [7, 11) is 1.63. The molecule has 0 aliphatic carbocycles. The summed E-state index contributed by atoms with van der Waals surface area (Å²) < 4.78 is 7.35. The number of hydrogen-bond acceptors (Lipinski definition) is 8. The molecule has 0 unspecified atom stereocenters. The summed E-state index contributed by atoms with van der Waals surface area (Å²) in [5, 5.41) is 22.4. The van der Waals surface area contributed by atoms with Crippen LogP contribution in [0.3, 0.4) is 0 Å². The van der Waals surface area contributed by atoms with Gasteiger partial charge in [0.05, 0.1) is 18.6 Å². The van der Waals surface area contributed by atoms with Crippen LogP contribution in [0.2, 0.25) is 0 Å². The molecule has 0 fully saturated rings. The third-order valence-corrected chi connectivity index (χ3v) is 6.56. The Labute approximate surface area is 197 Å². The minimum absolute atomic E-state index is 0.147. The van der Waals surface area contributed by atoms with Gasteiger partial charge in [-0.05, 0) is 25.1 Å². The molecule has 9 nitrogen and oxygen atoms in total. The fraction of sp³-hybridized carbons (Fsp3) is 0.136. The Hall–Kier alpha value is -3.70. The van der Waals surface area contributed by atoms with E-state index in [1.54, 1.807) is 7.11 Å². The van der Waals surface area contributed by atoms with Crippen LogP contribution in [0, 0.1) is 6.92 Å². The number of methoxy groups -OCH3 is 1. The molecule has 0 aliphatic heterocycles. The van der Waals surface area contributed by atoms with Crippen molar-refractivity contribution in [1.82, 2.24) is 29.9 Å². The van der Waals surface area contributed by atoms with Crippen LogP contribution >= 0.6 is 23.1 Å². The number of ether oxygens (including phenoxy) is 1. The number of carbonyl (C=O) groups excluding carboxylic acids is 1. The number of anilines is 1. The zero-order valence-corrected chi connectivity index (χ0v) is 19.4. The highest BCUT2D eigenvalue weighted by Crippen LogP contribution is 2.33. The number of nitrogens with zero attached hydrogens (tertiary/aromatic N) is 5. The molecule has 5 rings (SSSR count). The van der Waals surface area contributed by atoms with E-state index in [1.165, 1.54) is 23.1 Å². The van der Waals surface area contributed by atoms with E-state index in [-0.39, 0.29) is 11.7 Å². The molecule has 1 amide bonds. The van der Waals surface area contributed by atoms with Crippen molar-refractivity contribution >= 4 is 45.0 Å². The number of aryl methyl sites for hydroxylation is 1. The van der Waals surface area contributed by atoms with Gasteiger partial charge in [-0.1, -0.05) is 47.4 Å². The molecule has 0 bridgehead atoms. The number of thioether (sulfide) groups is 1. The molecule has 33 heavy (non-hydrogen) atoms. The van der Waals surface area contributed by atoms with E-state index in [4.69, 9.17) is 4.74 Å². The summed E-state index contributed by atoms with van der Waals surface area (Å²) in [5.74, 6) is 1.34. The van der Waals surface area contributed by atoms with Crippen molar-refractivity contribution in [1.29, 1.82) is 0 Å². The molecular weight excluding hydrogens is 458 g/mol. The van der Waals surface area contributed by atoms with Gasteiger partial charge in [0.2, 0.25) is 11.0 Å². The lowest BCUT2D eigenvalue weighted by atomic mass is 10.1. The van der Waals surface area contributed by atoms with Crippen LogP contribution in [0.15, 0.2) is 59.9 Å². The number of amides is 1. The van der Waals surface area contributed by atoms with Gasteiger partial charge >= 0.3 is 0 Å². The first-order chi connectivity index (χ1) is 16.1. The molecule has 2 aromatic carbocycles. The molecule has 0 spiro atoms. The van der Waals surface area contributed by atoms with Crippen LogP contribution in [0.1, 0.15) is 5.01 Å². The predicted molar refractivity (Wildman–Crippen MR) is 129 cm³/mol. The lowest BCUT2D eigenvalue weighted by molar-refractivity contribution is -0.113. The van der Waals surface area contributed by atoms with Gasteiger partial charge in [0.15, 0.2) is 11.0 Å². The van der Waals surface area contributed by atoms with Crippen LogP contribution < -0.4 is 10.1 Å². The van der Waals surface area contributed by atoms with E-state index in [0.29, 0.717) is 21.9 Å². The second-order valence-corrected chi connectivity index (χ2v) is 9.18. The Kier molecular flexibility index (Phi) is 5.80. The first kappa shape index (κ1) is 21.2. The second kappa shape index (κ2) is 9.04. The fourth-order valence-electron chi connectivity index (χ4n) is 3.41. The number of H-pyrrole nitrogens is 1. The molecule has 11 heteroatoms. The molecule has 0 saturated carbocycles. The van der Waals surface area contributed by atoms with Crippen LogP contribution in [-0.2, 0) is 4.79 Å². The maximum Gasteiger partial charge on any atom is 0.236 e. The van der Waals surface area contributed by atoms with Crippen molar-refractivity contribution < 1.29 is 9.53 Å². The Morgan fingerprint density at radius 3 is 2.85 bits per heavy atom. The van der Waals surface area contributed by atoms with E-state index < -0.39 is 0 Å². The summed E-state index contributed by atoms with van der Waals surface area (Å²) in [5.41, 5.74) is 2.76. The van der Waals surface area contributed by atoms with E-state index in [2.05, 4.69) is 30.7 Å². The Morgan fingerprint density at radius 2 is 2.03 bits per heavy atom. The Bertz CT molecular complexity index is 1440. The van der Waals surface area contributed by atoms with Gasteiger partial charge in [-0.25, -0.2) is 0 Å². The number of nitrogens with one attached hydrogen (secondary N) is 2. The monoisotopic (exact) mass is 477 g/mol. The number of fused-ring (bicyclic) bond motifs is 1. The largest absolute Gasteiger partial charge is 0.497 e. The van der Waals surface area contributed by atoms with Crippen molar-refractivity contribution in [2.45, 2.75) is 12.1 Å². The Morgan fingerprint density at radius 1 is 1.15 bits per heavy atom. The lowest BCUT2D eigenvalue weighted by Crippen LogP contribution is -2.14. The lowest BCUT2D eigenvalue weighted by Gasteiger charge is -2.11. The molecule has 3 heterocycles. The maximum atomic E-state index is 12.5. The number of aromatic amines is 1. The van der Waals surface area contributed by atoms with Crippen molar-refractivity contribution in [2.24, 2.45) is 0 Å². The van der Waals surface area contributed by atoms with Crippen molar-refractivity contribution in [3.05, 3.63) is 59.7 Å². The standard InChI is InChI=1S/C22H19N7O2S2/c1-13-25-27-21(33-13)24-19(30)12-32-22-28-26-20(17-11-23-18-9-4-3-8-16(17)18)29(22)14-6-5-7-15(10-14)31-2/h3-11,23H,12H2,1-2H3,(H,24,27,30). The van der Waals surface area contributed by atoms with E-state index >= 15 is 0 Å². The Balaban J connectivity index is 1.50. The topological polar surface area (TPSA) is 111 Å². The van der Waals surface area contributed by atoms with Crippen LogP contribution in [0.5, 0.6) is 5.75 Å². The number of rotatable bonds is 7. The van der Waals surface area contributed by atoms with Crippen LogP contribution in [-0.4, -0.2) is 48.7 Å². The molecule has 5 aromatic rings. The molecule has 0 atom stereocenters. The average Bonchev–Trinajstić information content (AvgIpc) is 3.55. The zero-order valence-electron chi connectivity index (χ0n) is 17.8. The first-order valence-corrected chi connectivity index (χ1v) is 11.8. The highest BCUT2D eigenvalue weighted by atomic mass is 32.2. The number of benzene rings is 2. The number of carbonyl (C=O) groups is 1. The number of aromatic nitrogens is 6. The van der Waals surface area contributed by atoms with Gasteiger partial charge in [0.1, 0.15) is 10.8 Å². The molecule has 0 saturated heterocycles. The van der Waals surface area contributed by atoms with Gasteiger partial charge in [-0.15, -0.1) is 20.4 Å². The summed E-state index contributed by atoms with van der Waals surface area (Å²) in [6.45, 7) is 1.84. The quantitative estimate of drug-likeness (QED) is 0.336. The van der Waals surface area contributed by atoms with Crippen molar-refractivity contribution in [3.8, 4) is 22.8 Å². The normalized spacial score (nSPS) is 11.1. The SMILES string of the molecule is COc1cccc(-n2c(SCC(=O)Nc3nnc(C)s3)nnc2-c2c[nH]c3ccccc23)c1. The van der Waals surface area contributed by atoms with E-state index in [9.17, 15) is 4.79 Å². The second-order valence-electron chi connectivity index (χ2n) is 7.05. The third-order valence-electron chi connectivity index (χ3n) is 4.88. The van der Waals surface area contributed by atoms with E-state index in [1.807, 2.05) is 66.2 Å². The molecular formula is C22H19N7O2S2. The highest BCUT2D eigenvalue weighted by molar-refractivity contribution is 7.99.